The van der Waals surface area contributed by atoms with Crippen LogP contribution in [-0.2, 0) is 4.79 Å². The van der Waals surface area contributed by atoms with Crippen molar-refractivity contribution in [2.45, 2.75) is 31.9 Å². The molecule has 0 unspecified atom stereocenters. The van der Waals surface area contributed by atoms with Crippen LogP contribution in [0, 0.1) is 6.92 Å². The maximum atomic E-state index is 14.3. The second-order valence-corrected chi connectivity index (χ2v) is 6.83. The lowest BCUT2D eigenvalue weighted by molar-refractivity contribution is -0.150. The minimum Gasteiger partial charge on any atom is -0.336 e. The minimum absolute atomic E-state index is 0.353. The molecular formula is C15H18ClFN6O. The van der Waals surface area contributed by atoms with Gasteiger partial charge in [0.1, 0.15) is 5.15 Å². The molecular weight excluding hydrogens is 335 g/mol. The summed E-state index contributed by atoms with van der Waals surface area (Å²) >= 11 is 5.95. The average Bonchev–Trinajstić information content (AvgIpc) is 2.96. The van der Waals surface area contributed by atoms with E-state index in [2.05, 4.69) is 15.1 Å². The number of fused-ring (bicyclic) bond motifs is 1. The number of hydrogen-bond acceptors (Lipinski definition) is 5. The summed E-state index contributed by atoms with van der Waals surface area (Å²) in [4.78, 5) is 24.4. The van der Waals surface area contributed by atoms with Gasteiger partial charge in [-0.25, -0.2) is 4.39 Å². The van der Waals surface area contributed by atoms with E-state index in [1.165, 1.54) is 0 Å². The molecule has 24 heavy (non-hydrogen) atoms. The predicted octanol–water partition coefficient (Wildman–Crippen LogP) is 1.63. The molecule has 0 atom stereocenters. The molecule has 7 nitrogen and oxygen atoms in total. The largest absolute Gasteiger partial charge is 0.336 e. The molecule has 128 valence electrons. The van der Waals surface area contributed by atoms with E-state index in [9.17, 15) is 9.18 Å². The number of anilines is 1. The zero-order valence-electron chi connectivity index (χ0n) is 13.4. The summed E-state index contributed by atoms with van der Waals surface area (Å²) in [5, 5.41) is 4.83. The molecule has 0 aromatic carbocycles. The summed E-state index contributed by atoms with van der Waals surface area (Å²) in [7, 11) is 0. The van der Waals surface area contributed by atoms with Gasteiger partial charge in [-0.2, -0.15) is 14.5 Å². The fourth-order valence-electron chi connectivity index (χ4n) is 3.19. The number of amides is 1. The number of hydrogen-bond donors (Lipinski definition) is 0. The zero-order valence-corrected chi connectivity index (χ0v) is 14.1. The zero-order chi connectivity index (χ0) is 16.9. The van der Waals surface area contributed by atoms with Gasteiger partial charge < -0.3 is 9.80 Å². The molecule has 4 rings (SSSR count). The molecule has 2 aliphatic rings. The van der Waals surface area contributed by atoms with Crippen LogP contribution >= 0.6 is 11.6 Å². The Morgan fingerprint density at radius 1 is 1.25 bits per heavy atom. The molecule has 1 saturated heterocycles. The molecule has 2 fully saturated rings. The monoisotopic (exact) mass is 352 g/mol. The average molecular weight is 353 g/mol. The minimum atomic E-state index is -1.62. The number of carbonyl (C=O) groups excluding carboxylic acids is 1. The summed E-state index contributed by atoms with van der Waals surface area (Å²) in [6, 6.07) is 1.73. The number of rotatable bonds is 2. The second kappa shape index (κ2) is 5.54. The standard InChI is InChI=1S/C15H18ClFN6O/c1-10-9-11(16)18-13-19-14(20-23(10)13)22-7-5-21(6-8-22)12(24)15(17)3-2-4-15/h9H,2-8H2,1H3. The summed E-state index contributed by atoms with van der Waals surface area (Å²) in [6.07, 6.45) is 1.50. The summed E-state index contributed by atoms with van der Waals surface area (Å²) < 4.78 is 15.9. The topological polar surface area (TPSA) is 66.6 Å². The van der Waals surface area contributed by atoms with Crippen LogP contribution in [0.4, 0.5) is 10.3 Å². The molecule has 9 heteroatoms. The summed E-state index contributed by atoms with van der Waals surface area (Å²) in [6.45, 7) is 3.99. The van der Waals surface area contributed by atoms with Gasteiger partial charge in [-0.15, -0.1) is 5.10 Å². The van der Waals surface area contributed by atoms with Gasteiger partial charge in [0.15, 0.2) is 5.67 Å². The van der Waals surface area contributed by atoms with Crippen molar-refractivity contribution >= 4 is 29.2 Å². The first-order chi connectivity index (χ1) is 11.5. The van der Waals surface area contributed by atoms with E-state index in [-0.39, 0.29) is 5.91 Å². The normalized spacial score (nSPS) is 20.3. The van der Waals surface area contributed by atoms with E-state index in [1.807, 2.05) is 11.8 Å². The van der Waals surface area contributed by atoms with Crippen molar-refractivity contribution in [1.29, 1.82) is 0 Å². The predicted molar refractivity (Wildman–Crippen MR) is 87.0 cm³/mol. The fourth-order valence-corrected chi connectivity index (χ4v) is 3.43. The Morgan fingerprint density at radius 3 is 2.58 bits per heavy atom. The van der Waals surface area contributed by atoms with E-state index in [0.29, 0.717) is 55.9 Å². The van der Waals surface area contributed by atoms with Gasteiger partial charge in [-0.1, -0.05) is 11.6 Å². The van der Waals surface area contributed by atoms with E-state index in [0.717, 1.165) is 12.1 Å². The van der Waals surface area contributed by atoms with E-state index in [1.54, 1.807) is 15.5 Å². The molecule has 1 aliphatic heterocycles. The Balaban J connectivity index is 1.48. The van der Waals surface area contributed by atoms with Crippen LogP contribution in [0.15, 0.2) is 6.07 Å². The van der Waals surface area contributed by atoms with Crippen LogP contribution in [0.2, 0.25) is 5.15 Å². The first-order valence-electron chi connectivity index (χ1n) is 8.09. The van der Waals surface area contributed by atoms with E-state index < -0.39 is 5.67 Å². The number of piperazine rings is 1. The highest BCUT2D eigenvalue weighted by Crippen LogP contribution is 2.37. The van der Waals surface area contributed by atoms with Crippen LogP contribution in [-0.4, -0.2) is 62.2 Å². The second-order valence-electron chi connectivity index (χ2n) is 6.44. The summed E-state index contributed by atoms with van der Waals surface area (Å²) in [5.74, 6) is 0.643. The quantitative estimate of drug-likeness (QED) is 0.768. The van der Waals surface area contributed by atoms with Crippen LogP contribution in [0.1, 0.15) is 25.0 Å². The molecule has 2 aromatic heterocycles. The van der Waals surface area contributed by atoms with Crippen LogP contribution in [0.5, 0.6) is 0 Å². The van der Waals surface area contributed by atoms with Crippen molar-refractivity contribution in [2.24, 2.45) is 0 Å². The fraction of sp³-hybridized carbons (Fsp3) is 0.600. The van der Waals surface area contributed by atoms with Gasteiger partial charge in [0.25, 0.3) is 11.7 Å². The summed E-state index contributed by atoms with van der Waals surface area (Å²) in [5.41, 5.74) is -0.775. The van der Waals surface area contributed by atoms with Gasteiger partial charge in [-0.05, 0) is 32.3 Å². The SMILES string of the molecule is Cc1cc(Cl)nc2nc(N3CCN(C(=O)C4(F)CCC4)CC3)nn12. The number of aromatic nitrogens is 4. The Labute approximate surface area is 143 Å². The Morgan fingerprint density at radius 2 is 1.96 bits per heavy atom. The molecule has 0 radical (unpaired) electrons. The number of halogens is 2. The molecule has 1 aliphatic carbocycles. The molecule has 0 spiro atoms. The molecule has 0 bridgehead atoms. The third kappa shape index (κ3) is 2.49. The van der Waals surface area contributed by atoms with Gasteiger partial charge in [0.05, 0.1) is 0 Å². The van der Waals surface area contributed by atoms with Crippen molar-refractivity contribution in [2.75, 3.05) is 31.1 Å². The highest BCUT2D eigenvalue weighted by atomic mass is 35.5. The van der Waals surface area contributed by atoms with Crippen molar-refractivity contribution in [3.63, 3.8) is 0 Å². The molecule has 3 heterocycles. The third-order valence-corrected chi connectivity index (χ3v) is 5.02. The van der Waals surface area contributed by atoms with Crippen molar-refractivity contribution in [3.05, 3.63) is 16.9 Å². The Hall–Kier alpha value is -1.96. The number of alkyl halides is 1. The van der Waals surface area contributed by atoms with Crippen molar-refractivity contribution in [1.82, 2.24) is 24.5 Å². The Kier molecular flexibility index (Phi) is 3.59. The van der Waals surface area contributed by atoms with Gasteiger partial charge in [0.2, 0.25) is 5.95 Å². The van der Waals surface area contributed by atoms with Crippen LogP contribution in [0.3, 0.4) is 0 Å². The smallest absolute Gasteiger partial charge is 0.260 e. The third-order valence-electron chi connectivity index (χ3n) is 4.83. The number of carbonyl (C=O) groups is 1. The van der Waals surface area contributed by atoms with Crippen LogP contribution in [0.25, 0.3) is 5.78 Å². The maximum absolute atomic E-state index is 14.3. The maximum Gasteiger partial charge on any atom is 0.260 e. The molecule has 1 saturated carbocycles. The first-order valence-corrected chi connectivity index (χ1v) is 8.47. The van der Waals surface area contributed by atoms with Gasteiger partial charge in [-0.3, -0.25) is 4.79 Å². The highest BCUT2D eigenvalue weighted by Gasteiger charge is 2.47. The first kappa shape index (κ1) is 15.6. The van der Waals surface area contributed by atoms with E-state index >= 15 is 0 Å². The van der Waals surface area contributed by atoms with Crippen molar-refractivity contribution in [3.8, 4) is 0 Å². The molecule has 1 amide bonds. The molecule has 2 aromatic rings. The lowest BCUT2D eigenvalue weighted by atomic mass is 9.81. The number of aryl methyl sites for hydroxylation is 1. The highest BCUT2D eigenvalue weighted by molar-refractivity contribution is 6.29. The Bertz CT molecular complexity index is 797. The molecule has 0 N–H and O–H groups in total. The van der Waals surface area contributed by atoms with Crippen molar-refractivity contribution < 1.29 is 9.18 Å². The lowest BCUT2D eigenvalue weighted by Crippen LogP contribution is -2.56. The van der Waals surface area contributed by atoms with Gasteiger partial charge in [0, 0.05) is 31.9 Å². The van der Waals surface area contributed by atoms with Crippen LogP contribution < -0.4 is 4.90 Å². The number of nitrogens with zero attached hydrogens (tertiary/aromatic N) is 6. The van der Waals surface area contributed by atoms with E-state index in [4.69, 9.17) is 11.6 Å². The lowest BCUT2D eigenvalue weighted by Gasteiger charge is -2.40. The van der Waals surface area contributed by atoms with Gasteiger partial charge >= 0.3 is 0 Å².